The third kappa shape index (κ3) is 3.66. The highest BCUT2D eigenvalue weighted by atomic mass is 32.1. The van der Waals surface area contributed by atoms with Crippen LogP contribution < -0.4 is 5.32 Å². The first kappa shape index (κ1) is 17.1. The summed E-state index contributed by atoms with van der Waals surface area (Å²) in [6.07, 6.45) is 1.71. The highest BCUT2D eigenvalue weighted by Gasteiger charge is 2.27. The van der Waals surface area contributed by atoms with Gasteiger partial charge in [-0.15, -0.1) is 11.3 Å². The van der Waals surface area contributed by atoms with E-state index in [1.54, 1.807) is 18.4 Å². The Morgan fingerprint density at radius 2 is 2.25 bits per heavy atom. The lowest BCUT2D eigenvalue weighted by Gasteiger charge is -2.24. The Balaban J connectivity index is 1.68. The number of nitrogens with zero attached hydrogens (tertiary/aromatic N) is 2. The molecule has 1 N–H and O–H groups in total. The predicted octanol–water partition coefficient (Wildman–Crippen LogP) is 3.24. The van der Waals surface area contributed by atoms with E-state index >= 15 is 0 Å². The normalized spacial score (nSPS) is 18.8. The molecule has 0 saturated carbocycles. The Morgan fingerprint density at radius 3 is 3.04 bits per heavy atom. The summed E-state index contributed by atoms with van der Waals surface area (Å²) in [5, 5.41) is 6.07. The van der Waals surface area contributed by atoms with Crippen molar-refractivity contribution in [3.8, 4) is 0 Å². The van der Waals surface area contributed by atoms with E-state index in [-0.39, 0.29) is 18.1 Å². The molecule has 0 fully saturated rings. The van der Waals surface area contributed by atoms with Crippen LogP contribution in [0.1, 0.15) is 35.7 Å². The summed E-state index contributed by atoms with van der Waals surface area (Å²) in [7, 11) is 3.67. The van der Waals surface area contributed by atoms with Gasteiger partial charge in [0.1, 0.15) is 11.1 Å². The lowest BCUT2D eigenvalue weighted by Crippen LogP contribution is -2.40. The smallest absolute Gasteiger partial charge is 0.241 e. The number of carbonyl (C=O) groups excluding carboxylic acids is 1. The van der Waals surface area contributed by atoms with Crippen molar-refractivity contribution < 1.29 is 9.53 Å². The van der Waals surface area contributed by atoms with E-state index in [4.69, 9.17) is 4.74 Å². The number of fused-ring (bicyclic) bond motifs is 1. The SMILES string of the molecule is CO[C@H](C)c1nc(CN(C)[C@@H]2CCc3ccccc3NC2=O)cs1. The summed E-state index contributed by atoms with van der Waals surface area (Å²) in [6, 6.07) is 7.87. The summed E-state index contributed by atoms with van der Waals surface area (Å²) in [6.45, 7) is 2.64. The van der Waals surface area contributed by atoms with Gasteiger partial charge in [-0.05, 0) is 38.4 Å². The van der Waals surface area contributed by atoms with Crippen molar-refractivity contribution in [2.45, 2.75) is 38.5 Å². The van der Waals surface area contributed by atoms with Gasteiger partial charge in [0.15, 0.2) is 0 Å². The molecule has 2 aromatic rings. The second kappa shape index (κ2) is 7.42. The molecule has 1 aliphatic heterocycles. The molecule has 1 amide bonds. The summed E-state index contributed by atoms with van der Waals surface area (Å²) in [5.41, 5.74) is 3.12. The number of amides is 1. The second-order valence-electron chi connectivity index (χ2n) is 6.17. The van der Waals surface area contributed by atoms with E-state index in [1.807, 2.05) is 37.6 Å². The largest absolute Gasteiger partial charge is 0.375 e. The number of carbonyl (C=O) groups is 1. The molecule has 0 unspecified atom stereocenters. The first-order valence-corrected chi connectivity index (χ1v) is 9.02. The molecular formula is C18H23N3O2S. The lowest BCUT2D eigenvalue weighted by molar-refractivity contribution is -0.121. The zero-order valence-electron chi connectivity index (χ0n) is 14.3. The highest BCUT2D eigenvalue weighted by Crippen LogP contribution is 2.25. The van der Waals surface area contributed by atoms with Crippen molar-refractivity contribution in [1.82, 2.24) is 9.88 Å². The Kier molecular flexibility index (Phi) is 5.28. The molecule has 3 rings (SSSR count). The van der Waals surface area contributed by atoms with Crippen molar-refractivity contribution in [3.05, 3.63) is 45.9 Å². The molecule has 128 valence electrons. The monoisotopic (exact) mass is 345 g/mol. The molecule has 1 aromatic heterocycles. The fourth-order valence-electron chi connectivity index (χ4n) is 2.97. The molecule has 2 heterocycles. The van der Waals surface area contributed by atoms with Crippen molar-refractivity contribution in [2.24, 2.45) is 0 Å². The number of nitrogens with one attached hydrogen (secondary N) is 1. The van der Waals surface area contributed by atoms with E-state index in [1.165, 1.54) is 5.56 Å². The zero-order valence-corrected chi connectivity index (χ0v) is 15.1. The van der Waals surface area contributed by atoms with Crippen molar-refractivity contribution in [2.75, 3.05) is 19.5 Å². The Bertz CT molecular complexity index is 716. The van der Waals surface area contributed by atoms with Crippen LogP contribution in [-0.2, 0) is 22.5 Å². The molecule has 0 saturated heterocycles. The van der Waals surface area contributed by atoms with E-state index < -0.39 is 0 Å². The van der Waals surface area contributed by atoms with E-state index in [0.717, 1.165) is 29.2 Å². The van der Waals surface area contributed by atoms with Gasteiger partial charge in [-0.1, -0.05) is 18.2 Å². The molecule has 1 aromatic carbocycles. The van der Waals surface area contributed by atoms with Gasteiger partial charge in [-0.25, -0.2) is 4.98 Å². The summed E-state index contributed by atoms with van der Waals surface area (Å²) >= 11 is 1.60. The average Bonchev–Trinajstić information content (AvgIpc) is 2.96. The van der Waals surface area contributed by atoms with Crippen LogP contribution >= 0.6 is 11.3 Å². The number of anilines is 1. The number of aromatic nitrogens is 1. The maximum Gasteiger partial charge on any atom is 0.241 e. The molecule has 0 radical (unpaired) electrons. The van der Waals surface area contributed by atoms with Gasteiger partial charge in [0, 0.05) is 24.7 Å². The molecule has 0 spiro atoms. The van der Waals surface area contributed by atoms with Crippen LogP contribution in [0.25, 0.3) is 0 Å². The zero-order chi connectivity index (χ0) is 17.1. The number of benzene rings is 1. The van der Waals surface area contributed by atoms with Crippen LogP contribution in [0.3, 0.4) is 0 Å². The van der Waals surface area contributed by atoms with Gasteiger partial charge >= 0.3 is 0 Å². The molecule has 2 atom stereocenters. The van der Waals surface area contributed by atoms with Gasteiger partial charge in [-0.2, -0.15) is 0 Å². The topological polar surface area (TPSA) is 54.5 Å². The van der Waals surface area contributed by atoms with Crippen LogP contribution in [0.2, 0.25) is 0 Å². The molecule has 0 aliphatic carbocycles. The van der Waals surface area contributed by atoms with Gasteiger partial charge in [0.2, 0.25) is 5.91 Å². The van der Waals surface area contributed by atoms with E-state index in [0.29, 0.717) is 6.54 Å². The Labute approximate surface area is 146 Å². The standard InChI is InChI=1S/C18H23N3O2S/c1-12(23-3)18-19-14(11-24-18)10-21(2)16-9-8-13-6-4-5-7-15(13)20-17(16)22/h4-7,11-12,16H,8-10H2,1-3H3,(H,20,22)/t12-,16-/m1/s1. The van der Waals surface area contributed by atoms with Crippen molar-refractivity contribution in [1.29, 1.82) is 0 Å². The molecular weight excluding hydrogens is 322 g/mol. The van der Waals surface area contributed by atoms with Gasteiger partial charge in [0.05, 0.1) is 11.7 Å². The molecule has 1 aliphatic rings. The van der Waals surface area contributed by atoms with E-state index in [2.05, 4.69) is 21.3 Å². The van der Waals surface area contributed by atoms with Crippen LogP contribution in [0.4, 0.5) is 5.69 Å². The number of likely N-dealkylation sites (N-methyl/N-ethyl adjacent to an activating group) is 1. The third-order valence-corrected chi connectivity index (χ3v) is 5.53. The highest BCUT2D eigenvalue weighted by molar-refractivity contribution is 7.09. The minimum Gasteiger partial charge on any atom is -0.375 e. The minimum atomic E-state index is -0.151. The average molecular weight is 345 g/mol. The van der Waals surface area contributed by atoms with Crippen molar-refractivity contribution in [3.63, 3.8) is 0 Å². The fourth-order valence-corrected chi connectivity index (χ4v) is 3.81. The number of thiazole rings is 1. The number of aryl methyl sites for hydroxylation is 1. The quantitative estimate of drug-likeness (QED) is 0.904. The van der Waals surface area contributed by atoms with Crippen LogP contribution in [0.5, 0.6) is 0 Å². The third-order valence-electron chi connectivity index (χ3n) is 4.48. The van der Waals surface area contributed by atoms with Crippen LogP contribution in [-0.4, -0.2) is 36.0 Å². The maximum atomic E-state index is 12.6. The number of hydrogen-bond acceptors (Lipinski definition) is 5. The molecule has 6 heteroatoms. The molecule has 0 bridgehead atoms. The lowest BCUT2D eigenvalue weighted by atomic mass is 10.1. The summed E-state index contributed by atoms with van der Waals surface area (Å²) in [4.78, 5) is 19.3. The Hall–Kier alpha value is -1.76. The second-order valence-corrected chi connectivity index (χ2v) is 7.06. The predicted molar refractivity (Wildman–Crippen MR) is 96.2 cm³/mol. The van der Waals surface area contributed by atoms with Gasteiger partial charge in [0.25, 0.3) is 0 Å². The fraction of sp³-hybridized carbons (Fsp3) is 0.444. The number of methoxy groups -OCH3 is 1. The summed E-state index contributed by atoms with van der Waals surface area (Å²) in [5.74, 6) is 0.0585. The first-order valence-electron chi connectivity index (χ1n) is 8.14. The van der Waals surface area contributed by atoms with Crippen LogP contribution in [0.15, 0.2) is 29.6 Å². The van der Waals surface area contributed by atoms with Gasteiger partial charge < -0.3 is 10.1 Å². The number of ether oxygens (including phenoxy) is 1. The molecule has 24 heavy (non-hydrogen) atoms. The van der Waals surface area contributed by atoms with Gasteiger partial charge in [-0.3, -0.25) is 9.69 Å². The minimum absolute atomic E-state index is 0.00438. The van der Waals surface area contributed by atoms with Crippen LogP contribution in [0, 0.1) is 0 Å². The maximum absolute atomic E-state index is 12.6. The number of para-hydroxylation sites is 1. The Morgan fingerprint density at radius 1 is 1.46 bits per heavy atom. The number of hydrogen-bond donors (Lipinski definition) is 1. The van der Waals surface area contributed by atoms with E-state index in [9.17, 15) is 4.79 Å². The summed E-state index contributed by atoms with van der Waals surface area (Å²) < 4.78 is 5.31. The van der Waals surface area contributed by atoms with Crippen molar-refractivity contribution >= 4 is 22.9 Å². The first-order chi connectivity index (χ1) is 11.6. The number of rotatable bonds is 5. The molecule has 5 nitrogen and oxygen atoms in total.